The highest BCUT2D eigenvalue weighted by Crippen LogP contribution is 2.33. The Hall–Kier alpha value is -2.03. The standard InChI is InChI=1S/C19H29N5O3S/c1-4-5-11-23-14(3)13(2)20-18(23)28-12-15(25)22-24-16(26)19(21-17(24)27)9-7-6-8-10-19/h4-12H2,1-3H3,(H,21,27)(H,22,25). The van der Waals surface area contributed by atoms with Crippen LogP contribution < -0.4 is 10.7 Å². The van der Waals surface area contributed by atoms with Gasteiger partial charge in [0.25, 0.3) is 5.91 Å². The Balaban J connectivity index is 1.60. The molecule has 1 aromatic rings. The molecule has 2 N–H and O–H groups in total. The van der Waals surface area contributed by atoms with Crippen LogP contribution in [0.4, 0.5) is 4.79 Å². The lowest BCUT2D eigenvalue weighted by molar-refractivity contribution is -0.139. The van der Waals surface area contributed by atoms with Crippen LogP contribution in [0.5, 0.6) is 0 Å². The molecule has 1 aromatic heterocycles. The number of thioether (sulfide) groups is 1. The van der Waals surface area contributed by atoms with Crippen LogP contribution in [-0.4, -0.2) is 43.7 Å². The lowest BCUT2D eigenvalue weighted by Crippen LogP contribution is -2.51. The Labute approximate surface area is 169 Å². The summed E-state index contributed by atoms with van der Waals surface area (Å²) in [5.74, 6) is -0.639. The van der Waals surface area contributed by atoms with E-state index >= 15 is 0 Å². The van der Waals surface area contributed by atoms with Gasteiger partial charge in [0.1, 0.15) is 5.54 Å². The molecule has 28 heavy (non-hydrogen) atoms. The molecule has 4 amide bonds. The summed E-state index contributed by atoms with van der Waals surface area (Å²) in [6, 6.07) is -0.540. The summed E-state index contributed by atoms with van der Waals surface area (Å²) in [4.78, 5) is 41.9. The van der Waals surface area contributed by atoms with Crippen LogP contribution in [0.1, 0.15) is 63.3 Å². The number of nitrogens with zero attached hydrogens (tertiary/aromatic N) is 3. The van der Waals surface area contributed by atoms with Gasteiger partial charge in [0.2, 0.25) is 5.91 Å². The van der Waals surface area contributed by atoms with Gasteiger partial charge < -0.3 is 9.88 Å². The Morgan fingerprint density at radius 3 is 2.64 bits per heavy atom. The SMILES string of the molecule is CCCCn1c(SCC(=O)NN2C(=O)NC3(CCCCC3)C2=O)nc(C)c1C. The predicted octanol–water partition coefficient (Wildman–Crippen LogP) is 2.68. The summed E-state index contributed by atoms with van der Waals surface area (Å²) >= 11 is 1.32. The molecule has 1 aliphatic heterocycles. The number of urea groups is 1. The Morgan fingerprint density at radius 2 is 1.96 bits per heavy atom. The molecule has 1 spiro atoms. The molecule has 8 nitrogen and oxygen atoms in total. The van der Waals surface area contributed by atoms with Crippen LogP contribution >= 0.6 is 11.8 Å². The zero-order chi connectivity index (χ0) is 20.3. The van der Waals surface area contributed by atoms with Crippen molar-refractivity contribution in [2.24, 2.45) is 0 Å². The average molecular weight is 408 g/mol. The second-order valence-electron chi connectivity index (χ2n) is 7.61. The van der Waals surface area contributed by atoms with Crippen molar-refractivity contribution in [2.45, 2.75) is 83.0 Å². The molecule has 0 unspecified atom stereocenters. The first-order chi connectivity index (χ1) is 13.4. The van der Waals surface area contributed by atoms with Crippen LogP contribution in [0.25, 0.3) is 0 Å². The number of unbranched alkanes of at least 4 members (excludes halogenated alkanes) is 1. The van der Waals surface area contributed by atoms with Crippen molar-refractivity contribution in [1.29, 1.82) is 0 Å². The maximum Gasteiger partial charge on any atom is 0.344 e. The van der Waals surface area contributed by atoms with E-state index in [1.54, 1.807) is 0 Å². The van der Waals surface area contributed by atoms with Crippen LogP contribution in [0.3, 0.4) is 0 Å². The van der Waals surface area contributed by atoms with Gasteiger partial charge in [0, 0.05) is 12.2 Å². The largest absolute Gasteiger partial charge is 0.344 e. The maximum atomic E-state index is 12.7. The number of aromatic nitrogens is 2. The van der Waals surface area contributed by atoms with Crippen LogP contribution in [0, 0.1) is 13.8 Å². The number of aryl methyl sites for hydroxylation is 1. The minimum atomic E-state index is -0.833. The Morgan fingerprint density at radius 1 is 1.25 bits per heavy atom. The average Bonchev–Trinajstić information content (AvgIpc) is 3.07. The molecule has 0 aromatic carbocycles. The zero-order valence-electron chi connectivity index (χ0n) is 16.8. The Kier molecular flexibility index (Phi) is 6.32. The highest BCUT2D eigenvalue weighted by Gasteiger charge is 2.52. The van der Waals surface area contributed by atoms with E-state index in [0.29, 0.717) is 12.8 Å². The number of hydrazine groups is 1. The van der Waals surface area contributed by atoms with Gasteiger partial charge in [-0.2, -0.15) is 5.01 Å². The third kappa shape index (κ3) is 4.04. The summed E-state index contributed by atoms with van der Waals surface area (Å²) in [7, 11) is 0. The van der Waals surface area contributed by atoms with Crippen LogP contribution in [0.15, 0.2) is 5.16 Å². The number of carbonyl (C=O) groups is 3. The van der Waals surface area contributed by atoms with Gasteiger partial charge in [0.05, 0.1) is 11.4 Å². The molecule has 2 aliphatic rings. The molecule has 1 saturated heterocycles. The summed E-state index contributed by atoms with van der Waals surface area (Å²) in [5.41, 5.74) is 3.70. The lowest BCUT2D eigenvalue weighted by atomic mass is 9.82. The third-order valence-electron chi connectivity index (χ3n) is 5.60. The molecule has 154 valence electrons. The molecule has 1 aliphatic carbocycles. The number of amides is 4. The van der Waals surface area contributed by atoms with Gasteiger partial charge in [-0.25, -0.2) is 9.78 Å². The summed E-state index contributed by atoms with van der Waals surface area (Å²) in [6.07, 6.45) is 6.26. The van der Waals surface area contributed by atoms with Crippen molar-refractivity contribution < 1.29 is 14.4 Å². The molecular formula is C19H29N5O3S. The van der Waals surface area contributed by atoms with E-state index in [-0.39, 0.29) is 17.6 Å². The van der Waals surface area contributed by atoms with Crippen molar-refractivity contribution >= 4 is 29.6 Å². The van der Waals surface area contributed by atoms with Crippen molar-refractivity contribution in [3.8, 4) is 0 Å². The monoisotopic (exact) mass is 407 g/mol. The number of hydrogen-bond acceptors (Lipinski definition) is 5. The fourth-order valence-corrected chi connectivity index (χ4v) is 4.73. The maximum absolute atomic E-state index is 12.7. The van der Waals surface area contributed by atoms with E-state index in [9.17, 15) is 14.4 Å². The van der Waals surface area contributed by atoms with Gasteiger partial charge in [-0.05, 0) is 33.1 Å². The first kappa shape index (κ1) is 20.7. The normalized spacial score (nSPS) is 18.6. The molecular weight excluding hydrogens is 378 g/mol. The smallest absolute Gasteiger partial charge is 0.323 e. The van der Waals surface area contributed by atoms with Gasteiger partial charge in [0.15, 0.2) is 5.16 Å². The first-order valence-electron chi connectivity index (χ1n) is 10.0. The van der Waals surface area contributed by atoms with Crippen molar-refractivity contribution in [1.82, 2.24) is 25.3 Å². The highest BCUT2D eigenvalue weighted by molar-refractivity contribution is 7.99. The van der Waals surface area contributed by atoms with Crippen molar-refractivity contribution in [3.05, 3.63) is 11.4 Å². The minimum Gasteiger partial charge on any atom is -0.323 e. The fraction of sp³-hybridized carbons (Fsp3) is 0.684. The van der Waals surface area contributed by atoms with E-state index in [1.807, 2.05) is 13.8 Å². The molecule has 2 fully saturated rings. The summed E-state index contributed by atoms with van der Waals surface area (Å²) in [5, 5.41) is 4.44. The lowest BCUT2D eigenvalue weighted by Gasteiger charge is -2.30. The molecule has 9 heteroatoms. The summed E-state index contributed by atoms with van der Waals surface area (Å²) < 4.78 is 2.13. The van der Waals surface area contributed by atoms with Gasteiger partial charge in [-0.15, -0.1) is 0 Å². The van der Waals surface area contributed by atoms with Gasteiger partial charge >= 0.3 is 6.03 Å². The van der Waals surface area contributed by atoms with E-state index < -0.39 is 11.6 Å². The number of nitrogens with one attached hydrogen (secondary N) is 2. The van der Waals surface area contributed by atoms with Crippen molar-refractivity contribution in [2.75, 3.05) is 5.75 Å². The number of hydrogen-bond donors (Lipinski definition) is 2. The van der Waals surface area contributed by atoms with Crippen LogP contribution in [0.2, 0.25) is 0 Å². The third-order valence-corrected chi connectivity index (χ3v) is 6.57. The number of rotatable bonds is 7. The molecule has 0 radical (unpaired) electrons. The molecule has 2 heterocycles. The van der Waals surface area contributed by atoms with Crippen molar-refractivity contribution in [3.63, 3.8) is 0 Å². The van der Waals surface area contributed by atoms with E-state index in [0.717, 1.165) is 60.2 Å². The highest BCUT2D eigenvalue weighted by atomic mass is 32.2. The number of imidazole rings is 1. The zero-order valence-corrected chi connectivity index (χ0v) is 17.7. The molecule has 0 bridgehead atoms. The topological polar surface area (TPSA) is 96.3 Å². The van der Waals surface area contributed by atoms with Crippen LogP contribution in [-0.2, 0) is 16.1 Å². The van der Waals surface area contributed by atoms with E-state index in [1.165, 1.54) is 11.8 Å². The first-order valence-corrected chi connectivity index (χ1v) is 11.0. The molecule has 3 rings (SSSR count). The number of carbonyl (C=O) groups excluding carboxylic acids is 3. The predicted molar refractivity (Wildman–Crippen MR) is 107 cm³/mol. The fourth-order valence-electron chi connectivity index (χ4n) is 3.82. The summed E-state index contributed by atoms with van der Waals surface area (Å²) in [6.45, 7) is 6.98. The quantitative estimate of drug-likeness (QED) is 0.535. The number of imide groups is 1. The molecule has 1 saturated carbocycles. The van der Waals surface area contributed by atoms with E-state index in [4.69, 9.17) is 0 Å². The molecule has 0 atom stereocenters. The Bertz CT molecular complexity index is 770. The second kappa shape index (κ2) is 8.55. The van der Waals surface area contributed by atoms with Gasteiger partial charge in [-0.3, -0.25) is 15.0 Å². The minimum absolute atomic E-state index is 0.0894. The second-order valence-corrected chi connectivity index (χ2v) is 8.55. The van der Waals surface area contributed by atoms with E-state index in [2.05, 4.69) is 27.2 Å². The van der Waals surface area contributed by atoms with Gasteiger partial charge in [-0.1, -0.05) is 44.4 Å².